The molecule has 0 unspecified atom stereocenters. The molecule has 0 aliphatic heterocycles. The molecule has 0 radical (unpaired) electrons. The highest BCUT2D eigenvalue weighted by Crippen LogP contribution is 2.47. The molecule has 0 aliphatic carbocycles. The fraction of sp³-hybridized carbons (Fsp3) is 0. The second-order valence-electron chi connectivity index (χ2n) is 11.7. The minimum absolute atomic E-state index is 0.726. The van der Waals surface area contributed by atoms with Gasteiger partial charge in [-0.2, -0.15) is 0 Å². The van der Waals surface area contributed by atoms with Crippen LogP contribution in [0.2, 0.25) is 0 Å². The van der Waals surface area contributed by atoms with Crippen molar-refractivity contribution in [3.63, 3.8) is 0 Å². The van der Waals surface area contributed by atoms with Crippen LogP contribution in [0, 0.1) is 0 Å². The van der Waals surface area contributed by atoms with Crippen molar-refractivity contribution in [2.75, 3.05) is 0 Å². The van der Waals surface area contributed by atoms with Gasteiger partial charge in [0.2, 0.25) is 0 Å². The molecule has 0 aliphatic rings. The van der Waals surface area contributed by atoms with Gasteiger partial charge in [-0.05, 0) is 47.9 Å². The standard InChI is InChI=1S/C42H25N3S/c1-2-12-26(13-3-1)39-31-16-6-9-19-34(31)43-42(44-39)27-22-24-28(25-23-27)45-35-20-10-7-17-32(35)38-40(45)30-15-5-4-14-29(30)37-33-18-8-11-21-36(33)46-41(37)38/h1-25H. The zero-order valence-electron chi connectivity index (χ0n) is 24.7. The zero-order valence-corrected chi connectivity index (χ0v) is 25.5. The first kappa shape index (κ1) is 25.5. The lowest BCUT2D eigenvalue weighted by Crippen LogP contribution is -1.97. The number of hydrogen-bond donors (Lipinski definition) is 0. The largest absolute Gasteiger partial charge is 0.309 e. The molecular formula is C42H25N3S. The lowest BCUT2D eigenvalue weighted by Gasteiger charge is -2.12. The first-order valence-electron chi connectivity index (χ1n) is 15.5. The summed E-state index contributed by atoms with van der Waals surface area (Å²) in [6.45, 7) is 0. The van der Waals surface area contributed by atoms with E-state index < -0.39 is 0 Å². The molecule has 0 atom stereocenters. The Morgan fingerprint density at radius 3 is 1.93 bits per heavy atom. The van der Waals surface area contributed by atoms with Crippen LogP contribution in [-0.2, 0) is 0 Å². The van der Waals surface area contributed by atoms with Gasteiger partial charge in [0.05, 0.1) is 22.2 Å². The van der Waals surface area contributed by atoms with Crippen LogP contribution in [0.15, 0.2) is 152 Å². The minimum Gasteiger partial charge on any atom is -0.309 e. The van der Waals surface area contributed by atoms with Crippen molar-refractivity contribution in [3.8, 4) is 28.3 Å². The SMILES string of the molecule is c1ccc(-c2nc(-c3ccc(-n4c5ccccc5c5c6sc7ccccc7c6c6ccccc6c54)cc3)nc3ccccc23)cc1. The van der Waals surface area contributed by atoms with E-state index in [4.69, 9.17) is 9.97 Å². The number of hydrogen-bond acceptors (Lipinski definition) is 3. The van der Waals surface area contributed by atoms with E-state index in [1.807, 2.05) is 23.5 Å². The van der Waals surface area contributed by atoms with Gasteiger partial charge >= 0.3 is 0 Å². The van der Waals surface area contributed by atoms with Gasteiger partial charge in [0, 0.05) is 58.5 Å². The van der Waals surface area contributed by atoms with Gasteiger partial charge in [0.1, 0.15) is 0 Å². The van der Waals surface area contributed by atoms with Gasteiger partial charge in [-0.1, -0.05) is 109 Å². The van der Waals surface area contributed by atoms with Crippen molar-refractivity contribution < 1.29 is 0 Å². The Balaban J connectivity index is 1.23. The molecule has 3 heterocycles. The first-order valence-corrected chi connectivity index (χ1v) is 16.3. The van der Waals surface area contributed by atoms with Gasteiger partial charge in [-0.3, -0.25) is 0 Å². The molecule has 3 aromatic heterocycles. The molecular weight excluding hydrogens is 579 g/mol. The average Bonchev–Trinajstić information content (AvgIpc) is 3.69. The summed E-state index contributed by atoms with van der Waals surface area (Å²) in [7, 11) is 0. The summed E-state index contributed by atoms with van der Waals surface area (Å²) in [5.74, 6) is 0.726. The predicted molar refractivity (Wildman–Crippen MR) is 195 cm³/mol. The molecule has 0 saturated heterocycles. The predicted octanol–water partition coefficient (Wildman–Crippen LogP) is 11.6. The topological polar surface area (TPSA) is 30.7 Å². The number of fused-ring (bicyclic) bond motifs is 11. The summed E-state index contributed by atoms with van der Waals surface area (Å²) >= 11 is 1.90. The second-order valence-corrected chi connectivity index (χ2v) is 12.8. The smallest absolute Gasteiger partial charge is 0.160 e. The summed E-state index contributed by atoms with van der Waals surface area (Å²) in [6.07, 6.45) is 0. The Kier molecular flexibility index (Phi) is 5.45. The minimum atomic E-state index is 0.726. The summed E-state index contributed by atoms with van der Waals surface area (Å²) < 4.78 is 5.11. The number of benzene rings is 7. The van der Waals surface area contributed by atoms with Gasteiger partial charge in [-0.25, -0.2) is 9.97 Å². The molecule has 0 saturated carbocycles. The van der Waals surface area contributed by atoms with Crippen LogP contribution in [0.1, 0.15) is 0 Å². The molecule has 0 amide bonds. The Morgan fingerprint density at radius 1 is 0.457 bits per heavy atom. The van der Waals surface area contributed by atoms with Crippen molar-refractivity contribution in [3.05, 3.63) is 152 Å². The number of nitrogens with zero attached hydrogens (tertiary/aromatic N) is 3. The van der Waals surface area contributed by atoms with Gasteiger partial charge < -0.3 is 4.57 Å². The lowest BCUT2D eigenvalue weighted by atomic mass is 10.00. The fourth-order valence-corrected chi connectivity index (χ4v) is 8.45. The third-order valence-corrected chi connectivity index (χ3v) is 10.4. The highest BCUT2D eigenvalue weighted by atomic mass is 32.1. The van der Waals surface area contributed by atoms with E-state index in [-0.39, 0.29) is 0 Å². The van der Waals surface area contributed by atoms with E-state index in [1.165, 1.54) is 52.8 Å². The van der Waals surface area contributed by atoms with Crippen LogP contribution < -0.4 is 0 Å². The number of aromatic nitrogens is 3. The maximum absolute atomic E-state index is 5.11. The number of thiophene rings is 1. The van der Waals surface area contributed by atoms with E-state index in [2.05, 4.69) is 144 Å². The highest BCUT2D eigenvalue weighted by Gasteiger charge is 2.21. The summed E-state index contributed by atoms with van der Waals surface area (Å²) in [5, 5.41) is 8.88. The van der Waals surface area contributed by atoms with Gasteiger partial charge in [0.15, 0.2) is 5.82 Å². The molecule has 3 nitrogen and oxygen atoms in total. The zero-order chi connectivity index (χ0) is 30.2. The van der Waals surface area contributed by atoms with Crippen molar-refractivity contribution in [2.24, 2.45) is 0 Å². The molecule has 46 heavy (non-hydrogen) atoms. The van der Waals surface area contributed by atoms with E-state index in [1.54, 1.807) is 0 Å². The highest BCUT2D eigenvalue weighted by molar-refractivity contribution is 7.27. The van der Waals surface area contributed by atoms with E-state index in [9.17, 15) is 0 Å². The molecule has 4 heteroatoms. The van der Waals surface area contributed by atoms with Crippen molar-refractivity contribution in [1.82, 2.24) is 14.5 Å². The third kappa shape index (κ3) is 3.65. The van der Waals surface area contributed by atoms with E-state index in [0.29, 0.717) is 0 Å². The van der Waals surface area contributed by atoms with Crippen LogP contribution in [0.3, 0.4) is 0 Å². The van der Waals surface area contributed by atoms with Crippen LogP contribution >= 0.6 is 11.3 Å². The van der Waals surface area contributed by atoms with Crippen LogP contribution in [0.4, 0.5) is 0 Å². The maximum atomic E-state index is 5.11. The molecule has 10 aromatic rings. The molecule has 0 bridgehead atoms. The molecule has 7 aromatic carbocycles. The average molecular weight is 604 g/mol. The van der Waals surface area contributed by atoms with Crippen LogP contribution in [0.5, 0.6) is 0 Å². The summed E-state index contributed by atoms with van der Waals surface area (Å²) in [6, 6.07) is 53.9. The normalized spacial score (nSPS) is 11.9. The first-order chi connectivity index (χ1) is 22.8. The maximum Gasteiger partial charge on any atom is 0.160 e. The number of rotatable bonds is 3. The van der Waals surface area contributed by atoms with Crippen LogP contribution in [0.25, 0.3) is 92.0 Å². The van der Waals surface area contributed by atoms with Crippen molar-refractivity contribution in [2.45, 2.75) is 0 Å². The van der Waals surface area contributed by atoms with E-state index in [0.717, 1.165) is 39.2 Å². The summed E-state index contributed by atoms with van der Waals surface area (Å²) in [5.41, 5.74) is 7.53. The second kappa shape index (κ2) is 9.83. The molecule has 0 spiro atoms. The van der Waals surface area contributed by atoms with Crippen LogP contribution in [-0.4, -0.2) is 14.5 Å². The molecule has 10 rings (SSSR count). The fourth-order valence-electron chi connectivity index (χ4n) is 7.17. The van der Waals surface area contributed by atoms with Crippen molar-refractivity contribution >= 4 is 75.0 Å². The quantitative estimate of drug-likeness (QED) is 0.201. The molecule has 0 N–H and O–H groups in total. The van der Waals surface area contributed by atoms with Crippen molar-refractivity contribution in [1.29, 1.82) is 0 Å². The lowest BCUT2D eigenvalue weighted by molar-refractivity contribution is 1.18. The van der Waals surface area contributed by atoms with E-state index >= 15 is 0 Å². The molecule has 214 valence electrons. The van der Waals surface area contributed by atoms with Gasteiger partial charge in [0.25, 0.3) is 0 Å². The number of para-hydroxylation sites is 2. The monoisotopic (exact) mass is 603 g/mol. The Hall–Kier alpha value is -5.84. The Labute approximate surface area is 268 Å². The third-order valence-electron chi connectivity index (χ3n) is 9.18. The Bertz CT molecular complexity index is 2790. The Morgan fingerprint density at radius 2 is 1.11 bits per heavy atom. The molecule has 0 fully saturated rings. The van der Waals surface area contributed by atoms with Gasteiger partial charge in [-0.15, -0.1) is 11.3 Å². The summed E-state index contributed by atoms with van der Waals surface area (Å²) in [4.78, 5) is 10.1.